The van der Waals surface area contributed by atoms with Gasteiger partial charge in [-0.3, -0.25) is 14.9 Å². The Morgan fingerprint density at radius 1 is 1.48 bits per heavy atom. The highest BCUT2D eigenvalue weighted by Gasteiger charge is 2.29. The van der Waals surface area contributed by atoms with Gasteiger partial charge in [0.05, 0.1) is 17.7 Å². The summed E-state index contributed by atoms with van der Waals surface area (Å²) in [5.41, 5.74) is 0.506. The standard InChI is InChI=1S/C13H15N5O3/c19-11(16-13-14-8-15-17-13)9-2-1-4-18(6-9)12(20)10-3-5-21-7-10/h3,5,7-9H,1-2,4,6H2,(H2,14,15,16,17,19)/t9-/m0/s1. The number of hydrogen-bond donors (Lipinski definition) is 2. The fraction of sp³-hybridized carbons (Fsp3) is 0.385. The highest BCUT2D eigenvalue weighted by molar-refractivity contribution is 5.95. The number of piperidine rings is 1. The number of H-pyrrole nitrogens is 1. The van der Waals surface area contributed by atoms with Crippen LogP contribution in [0.25, 0.3) is 0 Å². The summed E-state index contributed by atoms with van der Waals surface area (Å²) in [7, 11) is 0. The zero-order chi connectivity index (χ0) is 14.7. The summed E-state index contributed by atoms with van der Waals surface area (Å²) in [6.45, 7) is 1.04. The van der Waals surface area contributed by atoms with Gasteiger partial charge in [-0.1, -0.05) is 0 Å². The van der Waals surface area contributed by atoms with E-state index < -0.39 is 0 Å². The van der Waals surface area contributed by atoms with E-state index in [2.05, 4.69) is 20.5 Å². The number of anilines is 1. The van der Waals surface area contributed by atoms with E-state index in [4.69, 9.17) is 4.42 Å². The third kappa shape index (κ3) is 2.93. The second-order valence-corrected chi connectivity index (χ2v) is 4.93. The summed E-state index contributed by atoms with van der Waals surface area (Å²) in [5, 5.41) is 8.91. The minimum Gasteiger partial charge on any atom is -0.472 e. The van der Waals surface area contributed by atoms with Crippen molar-refractivity contribution in [3.63, 3.8) is 0 Å². The first-order chi connectivity index (χ1) is 10.2. The van der Waals surface area contributed by atoms with Crippen LogP contribution in [0.3, 0.4) is 0 Å². The molecule has 21 heavy (non-hydrogen) atoms. The molecule has 0 aromatic carbocycles. The molecule has 0 spiro atoms. The second-order valence-electron chi connectivity index (χ2n) is 4.93. The van der Waals surface area contributed by atoms with E-state index in [9.17, 15) is 9.59 Å². The van der Waals surface area contributed by atoms with Gasteiger partial charge in [0.15, 0.2) is 0 Å². The zero-order valence-electron chi connectivity index (χ0n) is 11.3. The van der Waals surface area contributed by atoms with Crippen LogP contribution in [0.4, 0.5) is 5.95 Å². The number of furan rings is 1. The molecule has 1 aliphatic heterocycles. The van der Waals surface area contributed by atoms with E-state index in [-0.39, 0.29) is 17.7 Å². The molecule has 2 aromatic heterocycles. The first kappa shape index (κ1) is 13.3. The van der Waals surface area contributed by atoms with Gasteiger partial charge < -0.3 is 9.32 Å². The number of nitrogens with zero attached hydrogens (tertiary/aromatic N) is 3. The lowest BCUT2D eigenvalue weighted by molar-refractivity contribution is -0.121. The van der Waals surface area contributed by atoms with Crippen LogP contribution in [0.5, 0.6) is 0 Å². The summed E-state index contributed by atoms with van der Waals surface area (Å²) >= 11 is 0. The van der Waals surface area contributed by atoms with Crippen molar-refractivity contribution in [2.45, 2.75) is 12.8 Å². The molecule has 2 amide bonds. The van der Waals surface area contributed by atoms with Crippen molar-refractivity contribution < 1.29 is 14.0 Å². The van der Waals surface area contributed by atoms with Crippen molar-refractivity contribution in [3.8, 4) is 0 Å². The summed E-state index contributed by atoms with van der Waals surface area (Å²) in [5.74, 6) is -0.199. The number of hydrogen-bond acceptors (Lipinski definition) is 5. The van der Waals surface area contributed by atoms with Crippen molar-refractivity contribution in [2.75, 3.05) is 18.4 Å². The van der Waals surface area contributed by atoms with E-state index in [0.717, 1.165) is 12.8 Å². The van der Waals surface area contributed by atoms with E-state index in [0.29, 0.717) is 24.6 Å². The molecule has 1 saturated heterocycles. The van der Waals surface area contributed by atoms with E-state index in [1.807, 2.05) is 0 Å². The van der Waals surface area contributed by atoms with Crippen LogP contribution in [0.15, 0.2) is 29.3 Å². The lowest BCUT2D eigenvalue weighted by atomic mass is 9.96. The summed E-state index contributed by atoms with van der Waals surface area (Å²) in [4.78, 5) is 30.0. The van der Waals surface area contributed by atoms with Crippen molar-refractivity contribution >= 4 is 17.8 Å². The van der Waals surface area contributed by atoms with Crippen molar-refractivity contribution in [3.05, 3.63) is 30.5 Å². The second kappa shape index (κ2) is 5.78. The largest absolute Gasteiger partial charge is 0.472 e. The molecular formula is C13H15N5O3. The van der Waals surface area contributed by atoms with Crippen LogP contribution >= 0.6 is 0 Å². The lowest BCUT2D eigenvalue weighted by Gasteiger charge is -2.31. The smallest absolute Gasteiger partial charge is 0.257 e. The van der Waals surface area contributed by atoms with Gasteiger partial charge in [-0.25, -0.2) is 5.10 Å². The monoisotopic (exact) mass is 289 g/mol. The molecule has 0 bridgehead atoms. The quantitative estimate of drug-likeness (QED) is 0.873. The third-order valence-corrected chi connectivity index (χ3v) is 3.50. The summed E-state index contributed by atoms with van der Waals surface area (Å²) in [6, 6.07) is 1.63. The third-order valence-electron chi connectivity index (χ3n) is 3.50. The molecule has 8 heteroatoms. The Hall–Kier alpha value is -2.64. The highest BCUT2D eigenvalue weighted by atomic mass is 16.3. The number of nitrogens with one attached hydrogen (secondary N) is 2. The molecule has 3 rings (SSSR count). The number of carbonyl (C=O) groups is 2. The summed E-state index contributed by atoms with van der Waals surface area (Å²) < 4.78 is 4.92. The van der Waals surface area contributed by atoms with Crippen LogP contribution in [0, 0.1) is 5.92 Å². The van der Waals surface area contributed by atoms with Crippen LogP contribution in [0.2, 0.25) is 0 Å². The van der Waals surface area contributed by atoms with E-state index in [1.54, 1.807) is 11.0 Å². The number of aromatic amines is 1. The van der Waals surface area contributed by atoms with Crippen LogP contribution in [-0.4, -0.2) is 45.0 Å². The van der Waals surface area contributed by atoms with Gasteiger partial charge >= 0.3 is 0 Å². The van der Waals surface area contributed by atoms with Crippen LogP contribution < -0.4 is 5.32 Å². The Morgan fingerprint density at radius 2 is 2.38 bits per heavy atom. The Balaban J connectivity index is 1.63. The highest BCUT2D eigenvalue weighted by Crippen LogP contribution is 2.20. The molecule has 0 radical (unpaired) electrons. The Morgan fingerprint density at radius 3 is 3.10 bits per heavy atom. The average molecular weight is 289 g/mol. The Kier molecular flexibility index (Phi) is 3.67. The number of rotatable bonds is 3. The van der Waals surface area contributed by atoms with Crippen molar-refractivity contribution in [1.82, 2.24) is 20.1 Å². The predicted molar refractivity (Wildman–Crippen MR) is 72.3 cm³/mol. The van der Waals surface area contributed by atoms with Gasteiger partial charge in [0.1, 0.15) is 12.6 Å². The molecule has 3 heterocycles. The molecule has 2 aromatic rings. The van der Waals surface area contributed by atoms with Gasteiger partial charge in [0.2, 0.25) is 11.9 Å². The predicted octanol–water partition coefficient (Wildman–Crippen LogP) is 0.889. The van der Waals surface area contributed by atoms with Gasteiger partial charge in [-0.15, -0.1) is 0 Å². The Labute approximate surface area is 120 Å². The minimum atomic E-state index is -0.250. The SMILES string of the molecule is O=C(Nc1ncn[nH]1)[C@H]1CCCN(C(=O)c2ccoc2)C1. The minimum absolute atomic E-state index is 0.110. The fourth-order valence-electron chi connectivity index (χ4n) is 2.43. The molecule has 110 valence electrons. The molecule has 2 N–H and O–H groups in total. The first-order valence-corrected chi connectivity index (χ1v) is 6.72. The number of aromatic nitrogens is 3. The maximum Gasteiger partial charge on any atom is 0.257 e. The topological polar surface area (TPSA) is 104 Å². The van der Waals surface area contributed by atoms with Gasteiger partial charge in [-0.05, 0) is 18.9 Å². The van der Waals surface area contributed by atoms with Gasteiger partial charge in [-0.2, -0.15) is 10.1 Å². The van der Waals surface area contributed by atoms with E-state index in [1.165, 1.54) is 18.9 Å². The van der Waals surface area contributed by atoms with Crippen LogP contribution in [-0.2, 0) is 4.79 Å². The van der Waals surface area contributed by atoms with Gasteiger partial charge in [0, 0.05) is 13.1 Å². The normalized spacial score (nSPS) is 18.5. The van der Waals surface area contributed by atoms with Crippen molar-refractivity contribution in [1.29, 1.82) is 0 Å². The first-order valence-electron chi connectivity index (χ1n) is 6.72. The average Bonchev–Trinajstić information content (AvgIpc) is 3.20. The Bertz CT molecular complexity index is 608. The molecule has 0 saturated carbocycles. The van der Waals surface area contributed by atoms with Crippen molar-refractivity contribution in [2.24, 2.45) is 5.92 Å². The molecule has 0 unspecified atom stereocenters. The molecule has 8 nitrogen and oxygen atoms in total. The molecular weight excluding hydrogens is 274 g/mol. The molecule has 1 aliphatic rings. The fourth-order valence-corrected chi connectivity index (χ4v) is 2.43. The molecule has 0 aliphatic carbocycles. The maximum absolute atomic E-state index is 12.3. The lowest BCUT2D eigenvalue weighted by Crippen LogP contribution is -2.43. The molecule has 1 atom stereocenters. The summed E-state index contributed by atoms with van der Waals surface area (Å²) in [6.07, 6.45) is 5.74. The zero-order valence-corrected chi connectivity index (χ0v) is 11.3. The van der Waals surface area contributed by atoms with Gasteiger partial charge in [0.25, 0.3) is 5.91 Å². The van der Waals surface area contributed by atoms with E-state index >= 15 is 0 Å². The molecule has 1 fully saturated rings. The number of carbonyl (C=O) groups excluding carboxylic acids is 2. The number of likely N-dealkylation sites (tertiary alicyclic amines) is 1. The van der Waals surface area contributed by atoms with Crippen LogP contribution in [0.1, 0.15) is 23.2 Å². The number of amides is 2. The maximum atomic E-state index is 12.3.